The van der Waals surface area contributed by atoms with Crippen LogP contribution in [0.1, 0.15) is 65.0 Å². The first-order chi connectivity index (χ1) is 21.5. The average Bonchev–Trinajstić information content (AvgIpc) is 3.87. The molecule has 45 heavy (non-hydrogen) atoms. The van der Waals surface area contributed by atoms with Crippen LogP contribution in [0.15, 0.2) is 48.5 Å². The molecule has 2 fully saturated rings. The van der Waals surface area contributed by atoms with E-state index < -0.39 is 11.2 Å². The molecule has 1 aliphatic carbocycles. The molecule has 0 aromatic heterocycles. The van der Waals surface area contributed by atoms with Gasteiger partial charge in [0, 0.05) is 52.2 Å². The highest BCUT2D eigenvalue weighted by atomic mass is 16.5. The molecule has 2 aromatic carbocycles. The maximum Gasteiger partial charge on any atom is 0.270 e. The number of carbonyl (C=O) groups is 3. The lowest BCUT2D eigenvalue weighted by Crippen LogP contribution is -2.53. The zero-order chi connectivity index (χ0) is 32.4. The highest BCUT2D eigenvalue weighted by Crippen LogP contribution is 2.43. The molecule has 2 N–H and O–H groups in total. The molecule has 0 radical (unpaired) electrons. The van der Waals surface area contributed by atoms with E-state index in [1.54, 1.807) is 33.0 Å². The number of ether oxygens (including phenoxy) is 3. The molecule has 2 aliphatic heterocycles. The van der Waals surface area contributed by atoms with Crippen molar-refractivity contribution >= 4 is 29.1 Å². The molecule has 3 atom stereocenters. The van der Waals surface area contributed by atoms with E-state index in [4.69, 9.17) is 14.2 Å². The third-order valence-electron chi connectivity index (χ3n) is 9.23. The Labute approximate surface area is 266 Å². The Morgan fingerprint density at radius 2 is 1.82 bits per heavy atom. The largest absolute Gasteiger partial charge is 0.476 e. The summed E-state index contributed by atoms with van der Waals surface area (Å²) in [5, 5.41) is 6.59. The van der Waals surface area contributed by atoms with E-state index in [-0.39, 0.29) is 41.6 Å². The molecule has 3 amide bonds. The van der Waals surface area contributed by atoms with Crippen molar-refractivity contribution in [3.63, 3.8) is 0 Å². The fourth-order valence-corrected chi connectivity index (χ4v) is 6.35. The minimum Gasteiger partial charge on any atom is -0.476 e. The van der Waals surface area contributed by atoms with Gasteiger partial charge in [0.15, 0.2) is 5.60 Å². The molecule has 5 rings (SSSR count). The van der Waals surface area contributed by atoms with Gasteiger partial charge in [0.1, 0.15) is 5.75 Å². The number of hydrogen-bond donors (Lipinski definition) is 2. The quantitative estimate of drug-likeness (QED) is 0.342. The van der Waals surface area contributed by atoms with Gasteiger partial charge in [0.05, 0.1) is 29.2 Å². The maximum absolute atomic E-state index is 14.2. The van der Waals surface area contributed by atoms with Crippen LogP contribution in [0.3, 0.4) is 0 Å². The number of nitrogens with zero attached hydrogens (tertiary/aromatic N) is 2. The third kappa shape index (κ3) is 7.18. The van der Waals surface area contributed by atoms with Gasteiger partial charge in [-0.2, -0.15) is 0 Å². The molecule has 0 unspecified atom stereocenters. The second-order valence-electron chi connectivity index (χ2n) is 13.5. The number of benzene rings is 2. The zero-order valence-corrected chi connectivity index (χ0v) is 27.4. The molecule has 10 heteroatoms. The highest BCUT2D eigenvalue weighted by molar-refractivity contribution is 6.04. The summed E-state index contributed by atoms with van der Waals surface area (Å²) in [5.74, 6) is -0.355. The van der Waals surface area contributed by atoms with Gasteiger partial charge in [-0.25, -0.2) is 0 Å². The summed E-state index contributed by atoms with van der Waals surface area (Å²) < 4.78 is 17.1. The summed E-state index contributed by atoms with van der Waals surface area (Å²) in [6, 6.07) is 15.2. The Kier molecular flexibility index (Phi) is 9.86. The van der Waals surface area contributed by atoms with Crippen molar-refractivity contribution in [2.24, 2.45) is 11.8 Å². The Morgan fingerprint density at radius 1 is 1.11 bits per heavy atom. The molecule has 2 aromatic rings. The molecule has 1 saturated carbocycles. The van der Waals surface area contributed by atoms with E-state index in [1.807, 2.05) is 67.3 Å². The second-order valence-corrected chi connectivity index (χ2v) is 13.5. The molecular formula is C35H48N4O6. The van der Waals surface area contributed by atoms with Crippen LogP contribution in [-0.2, 0) is 23.9 Å². The van der Waals surface area contributed by atoms with Crippen LogP contribution >= 0.6 is 0 Å². The summed E-state index contributed by atoms with van der Waals surface area (Å²) in [6.45, 7) is 9.49. The van der Waals surface area contributed by atoms with Crippen molar-refractivity contribution in [1.29, 1.82) is 0 Å². The molecule has 244 valence electrons. The average molecular weight is 621 g/mol. The van der Waals surface area contributed by atoms with Crippen molar-refractivity contribution in [2.75, 3.05) is 50.3 Å². The summed E-state index contributed by atoms with van der Waals surface area (Å²) in [4.78, 5) is 44.9. The Morgan fingerprint density at radius 3 is 2.49 bits per heavy atom. The minimum atomic E-state index is -0.991. The van der Waals surface area contributed by atoms with E-state index >= 15 is 0 Å². The third-order valence-corrected chi connectivity index (χ3v) is 9.23. The number of fused-ring (bicyclic) bond motifs is 1. The molecular weight excluding hydrogens is 572 g/mol. The summed E-state index contributed by atoms with van der Waals surface area (Å²) >= 11 is 0. The lowest BCUT2D eigenvalue weighted by Gasteiger charge is -2.40. The number of anilines is 2. The zero-order valence-electron chi connectivity index (χ0n) is 27.4. The number of nitrogens with one attached hydrogen (secondary N) is 2. The molecule has 0 bridgehead atoms. The van der Waals surface area contributed by atoms with Gasteiger partial charge in [-0.1, -0.05) is 30.3 Å². The topological polar surface area (TPSA) is 109 Å². The molecule has 0 spiro atoms. The van der Waals surface area contributed by atoms with Crippen LogP contribution in [0.4, 0.5) is 11.4 Å². The van der Waals surface area contributed by atoms with Crippen LogP contribution in [0, 0.1) is 11.8 Å². The second kappa shape index (κ2) is 13.5. The summed E-state index contributed by atoms with van der Waals surface area (Å²) in [7, 11) is 3.29. The van der Waals surface area contributed by atoms with E-state index in [0.717, 1.165) is 24.1 Å². The van der Waals surface area contributed by atoms with Gasteiger partial charge in [-0.3, -0.25) is 14.4 Å². The van der Waals surface area contributed by atoms with Crippen molar-refractivity contribution in [3.05, 3.63) is 54.1 Å². The fourth-order valence-electron chi connectivity index (χ4n) is 6.35. The number of amides is 3. The van der Waals surface area contributed by atoms with Crippen LogP contribution in [-0.4, -0.2) is 75.4 Å². The molecule has 3 aliphatic rings. The standard InChI is InChI=1S/C35H48N4O6/c1-34(2,44-6)30(23-11-8-7-9-12-23)37-31(40)24-19-25(22-36-21-24)32(41)39(26-13-14-26)27-15-16-29-28(20-27)38(17-10-18-43-5)33(42)35(3,4)45-29/h7-9,11-12,15-16,20,24-26,30,36H,10,13-14,17-19,21-22H2,1-6H3,(H,37,40)/t24-,25+,30-/m0/s1. The van der Waals surface area contributed by atoms with Crippen molar-refractivity contribution in [3.8, 4) is 5.75 Å². The van der Waals surface area contributed by atoms with E-state index in [2.05, 4.69) is 10.6 Å². The monoisotopic (exact) mass is 620 g/mol. The van der Waals surface area contributed by atoms with Gasteiger partial charge in [-0.05, 0) is 77.1 Å². The van der Waals surface area contributed by atoms with Crippen molar-refractivity contribution < 1.29 is 28.6 Å². The Hall–Kier alpha value is -3.47. The summed E-state index contributed by atoms with van der Waals surface area (Å²) in [6.07, 6.45) is 2.95. The minimum absolute atomic E-state index is 0.00593. The van der Waals surface area contributed by atoms with Crippen LogP contribution in [0.2, 0.25) is 0 Å². The predicted molar refractivity (Wildman–Crippen MR) is 173 cm³/mol. The first kappa shape index (κ1) is 32.9. The van der Waals surface area contributed by atoms with E-state index in [9.17, 15) is 14.4 Å². The summed E-state index contributed by atoms with van der Waals surface area (Å²) in [5.41, 5.74) is 0.740. The van der Waals surface area contributed by atoms with Gasteiger partial charge < -0.3 is 34.6 Å². The molecule has 1 saturated heterocycles. The van der Waals surface area contributed by atoms with Crippen molar-refractivity contribution in [2.45, 2.75) is 76.7 Å². The molecule has 2 heterocycles. The predicted octanol–water partition coefficient (Wildman–Crippen LogP) is 4.23. The van der Waals surface area contributed by atoms with Gasteiger partial charge in [0.2, 0.25) is 11.8 Å². The Bertz CT molecular complexity index is 1380. The van der Waals surface area contributed by atoms with Crippen LogP contribution in [0.25, 0.3) is 0 Å². The molecule has 10 nitrogen and oxygen atoms in total. The maximum atomic E-state index is 14.2. The first-order valence-corrected chi connectivity index (χ1v) is 16.0. The number of methoxy groups -OCH3 is 2. The van der Waals surface area contributed by atoms with E-state index in [1.165, 1.54) is 0 Å². The van der Waals surface area contributed by atoms with Gasteiger partial charge >= 0.3 is 0 Å². The number of piperidine rings is 1. The van der Waals surface area contributed by atoms with Crippen molar-refractivity contribution in [1.82, 2.24) is 10.6 Å². The van der Waals surface area contributed by atoms with Crippen LogP contribution < -0.4 is 25.2 Å². The lowest BCUT2D eigenvalue weighted by molar-refractivity contribution is -0.133. The SMILES string of the molecule is COCCCN1C(=O)C(C)(C)Oc2ccc(N(C(=O)[C@H]3CNC[C@@H](C(=O)N[C@@H](c4ccccc4)C(C)(C)OC)C3)C3CC3)cc21. The first-order valence-electron chi connectivity index (χ1n) is 16.0. The van der Waals surface area contributed by atoms with Gasteiger partial charge in [-0.15, -0.1) is 0 Å². The Balaban J connectivity index is 1.35. The highest BCUT2D eigenvalue weighted by Gasteiger charge is 2.44. The smallest absolute Gasteiger partial charge is 0.270 e. The normalized spacial score (nSPS) is 21.8. The number of hydrogen-bond acceptors (Lipinski definition) is 7. The van der Waals surface area contributed by atoms with Gasteiger partial charge in [0.25, 0.3) is 5.91 Å². The van der Waals surface area contributed by atoms with Crippen LogP contribution in [0.5, 0.6) is 5.75 Å². The number of carbonyl (C=O) groups excluding carboxylic acids is 3. The number of rotatable bonds is 12. The van der Waals surface area contributed by atoms with E-state index in [0.29, 0.717) is 50.5 Å². The fraction of sp³-hybridized carbons (Fsp3) is 0.571. The lowest BCUT2D eigenvalue weighted by atomic mass is 9.86.